The van der Waals surface area contributed by atoms with Crippen LogP contribution in [0.4, 0.5) is 0 Å². The molecule has 0 N–H and O–H groups in total. The summed E-state index contributed by atoms with van der Waals surface area (Å²) in [5.41, 5.74) is 0.509. The highest BCUT2D eigenvalue weighted by molar-refractivity contribution is 4.96. The lowest BCUT2D eigenvalue weighted by molar-refractivity contribution is 0.0251. The van der Waals surface area contributed by atoms with Crippen LogP contribution in [0.2, 0.25) is 0 Å². The molecule has 0 radical (unpaired) electrons. The Balaban J connectivity index is 1.71. The summed E-state index contributed by atoms with van der Waals surface area (Å²) in [5, 5.41) is 0. The third-order valence-corrected chi connectivity index (χ3v) is 4.53. The number of hydrogen-bond donors (Lipinski definition) is 0. The minimum Gasteiger partial charge on any atom is -0.378 e. The minimum absolute atomic E-state index is 0.377. The van der Waals surface area contributed by atoms with Crippen LogP contribution in [0.15, 0.2) is 0 Å². The van der Waals surface area contributed by atoms with Crippen molar-refractivity contribution in [3.8, 4) is 0 Å². The fourth-order valence-electron chi connectivity index (χ4n) is 2.94. The van der Waals surface area contributed by atoms with Crippen molar-refractivity contribution < 1.29 is 4.74 Å². The molecule has 2 rings (SSSR count). The van der Waals surface area contributed by atoms with Crippen LogP contribution in [0.5, 0.6) is 0 Å². The first-order valence-electron chi connectivity index (χ1n) is 7.51. The highest BCUT2D eigenvalue weighted by Crippen LogP contribution is 2.47. The molecule has 1 saturated heterocycles. The van der Waals surface area contributed by atoms with E-state index in [1.54, 1.807) is 0 Å². The van der Waals surface area contributed by atoms with Crippen LogP contribution in [0.25, 0.3) is 0 Å². The summed E-state index contributed by atoms with van der Waals surface area (Å²) in [4.78, 5) is 5.04. The maximum Gasteiger partial charge on any atom is 0.0538 e. The molecule has 0 amide bonds. The number of likely N-dealkylation sites (tertiary alicyclic amines) is 1. The Kier molecular flexibility index (Phi) is 4.68. The van der Waals surface area contributed by atoms with Gasteiger partial charge in [-0.1, -0.05) is 0 Å². The summed E-state index contributed by atoms with van der Waals surface area (Å²) in [6.07, 6.45) is 5.77. The average Bonchev–Trinajstić information content (AvgIpc) is 3.08. The Labute approximate surface area is 112 Å². The van der Waals surface area contributed by atoms with E-state index in [0.717, 1.165) is 12.6 Å². The highest BCUT2D eigenvalue weighted by atomic mass is 16.5. The largest absolute Gasteiger partial charge is 0.378 e. The number of rotatable bonds is 6. The lowest BCUT2D eigenvalue weighted by Gasteiger charge is -2.37. The number of piperidine rings is 1. The summed E-state index contributed by atoms with van der Waals surface area (Å²) in [5.74, 6) is 0. The second-order valence-electron chi connectivity index (χ2n) is 6.83. The van der Waals surface area contributed by atoms with Crippen molar-refractivity contribution in [2.24, 2.45) is 5.41 Å². The molecule has 2 fully saturated rings. The van der Waals surface area contributed by atoms with Crippen LogP contribution in [-0.2, 0) is 4.74 Å². The number of ether oxygens (including phenoxy) is 1. The van der Waals surface area contributed by atoms with Gasteiger partial charge in [-0.3, -0.25) is 0 Å². The zero-order valence-corrected chi connectivity index (χ0v) is 12.6. The third-order valence-electron chi connectivity index (χ3n) is 4.53. The van der Waals surface area contributed by atoms with E-state index in [1.807, 2.05) is 0 Å². The molecule has 106 valence electrons. The van der Waals surface area contributed by atoms with E-state index in [9.17, 15) is 0 Å². The summed E-state index contributed by atoms with van der Waals surface area (Å²) in [6, 6.07) is 0.795. The summed E-state index contributed by atoms with van der Waals surface area (Å²) >= 11 is 0. The molecule has 1 saturated carbocycles. The van der Waals surface area contributed by atoms with Crippen molar-refractivity contribution >= 4 is 0 Å². The van der Waals surface area contributed by atoms with Crippen LogP contribution in [0.3, 0.4) is 0 Å². The molecule has 0 aromatic carbocycles. The number of hydrogen-bond acceptors (Lipinski definition) is 3. The van der Waals surface area contributed by atoms with Gasteiger partial charge in [0.1, 0.15) is 0 Å². The molecular weight excluding hydrogens is 224 g/mol. The molecule has 1 aliphatic heterocycles. The van der Waals surface area contributed by atoms with E-state index >= 15 is 0 Å². The topological polar surface area (TPSA) is 15.7 Å². The second kappa shape index (κ2) is 5.89. The predicted molar refractivity (Wildman–Crippen MR) is 75.9 cm³/mol. The molecule has 0 spiro atoms. The van der Waals surface area contributed by atoms with Gasteiger partial charge < -0.3 is 14.5 Å². The zero-order chi connectivity index (χ0) is 13.2. The van der Waals surface area contributed by atoms with Crippen molar-refractivity contribution in [1.82, 2.24) is 9.80 Å². The molecule has 1 heterocycles. The van der Waals surface area contributed by atoms with Gasteiger partial charge in [0.15, 0.2) is 0 Å². The van der Waals surface area contributed by atoms with Crippen LogP contribution in [-0.4, -0.2) is 62.3 Å². The van der Waals surface area contributed by atoms with Gasteiger partial charge in [-0.05, 0) is 66.7 Å². The Morgan fingerprint density at radius 3 is 2.28 bits per heavy atom. The van der Waals surface area contributed by atoms with Crippen molar-refractivity contribution in [3.05, 3.63) is 0 Å². The fourth-order valence-corrected chi connectivity index (χ4v) is 2.94. The zero-order valence-electron chi connectivity index (χ0n) is 12.6. The standard InChI is InChI=1S/C15H30N2O/c1-13(2)18-12-15(7-8-15)11-17-9-5-14(6-10-17)16(3)4/h13-14H,5-12H2,1-4H3. The molecule has 0 aromatic rings. The molecule has 0 bridgehead atoms. The molecule has 3 heteroatoms. The molecule has 2 aliphatic rings. The van der Waals surface area contributed by atoms with Crippen LogP contribution >= 0.6 is 0 Å². The van der Waals surface area contributed by atoms with Crippen LogP contribution in [0, 0.1) is 5.41 Å². The van der Waals surface area contributed by atoms with E-state index in [0.29, 0.717) is 11.5 Å². The summed E-state index contributed by atoms with van der Waals surface area (Å²) < 4.78 is 5.84. The predicted octanol–water partition coefficient (Wildman–Crippen LogP) is 2.22. The summed E-state index contributed by atoms with van der Waals surface area (Å²) in [7, 11) is 4.42. The van der Waals surface area contributed by atoms with Gasteiger partial charge in [0.25, 0.3) is 0 Å². The lowest BCUT2D eigenvalue weighted by Crippen LogP contribution is -2.44. The quantitative estimate of drug-likeness (QED) is 0.723. The van der Waals surface area contributed by atoms with Gasteiger partial charge in [-0.2, -0.15) is 0 Å². The van der Waals surface area contributed by atoms with E-state index in [-0.39, 0.29) is 0 Å². The maximum absolute atomic E-state index is 5.84. The van der Waals surface area contributed by atoms with Crippen molar-refractivity contribution in [3.63, 3.8) is 0 Å². The monoisotopic (exact) mass is 254 g/mol. The Morgan fingerprint density at radius 1 is 1.22 bits per heavy atom. The van der Waals surface area contributed by atoms with E-state index in [1.165, 1.54) is 45.3 Å². The van der Waals surface area contributed by atoms with E-state index < -0.39 is 0 Å². The molecule has 3 nitrogen and oxygen atoms in total. The molecule has 0 unspecified atom stereocenters. The average molecular weight is 254 g/mol. The fraction of sp³-hybridized carbons (Fsp3) is 1.00. The highest BCUT2D eigenvalue weighted by Gasteiger charge is 2.44. The molecular formula is C15H30N2O. The van der Waals surface area contributed by atoms with E-state index in [2.05, 4.69) is 37.7 Å². The lowest BCUT2D eigenvalue weighted by atomic mass is 10.0. The van der Waals surface area contributed by atoms with Gasteiger partial charge in [0.05, 0.1) is 12.7 Å². The number of nitrogens with zero attached hydrogens (tertiary/aromatic N) is 2. The minimum atomic E-state index is 0.377. The first kappa shape index (κ1) is 14.3. The molecule has 0 aromatic heterocycles. The van der Waals surface area contributed by atoms with Crippen LogP contribution < -0.4 is 0 Å². The third kappa shape index (κ3) is 3.94. The van der Waals surface area contributed by atoms with E-state index in [4.69, 9.17) is 4.74 Å². The first-order valence-corrected chi connectivity index (χ1v) is 7.51. The maximum atomic E-state index is 5.84. The van der Waals surface area contributed by atoms with Crippen molar-refractivity contribution in [1.29, 1.82) is 0 Å². The Hall–Kier alpha value is -0.120. The SMILES string of the molecule is CC(C)OCC1(CN2CCC(N(C)C)CC2)CC1. The smallest absolute Gasteiger partial charge is 0.0538 e. The normalized spacial score (nSPS) is 25.0. The first-order chi connectivity index (χ1) is 8.51. The Bertz CT molecular complexity index is 253. The summed E-state index contributed by atoms with van der Waals surface area (Å²) in [6.45, 7) is 9.05. The van der Waals surface area contributed by atoms with Gasteiger partial charge in [0.2, 0.25) is 0 Å². The van der Waals surface area contributed by atoms with Gasteiger partial charge in [-0.15, -0.1) is 0 Å². The molecule has 0 atom stereocenters. The molecule has 18 heavy (non-hydrogen) atoms. The van der Waals surface area contributed by atoms with Crippen LogP contribution in [0.1, 0.15) is 39.5 Å². The van der Waals surface area contributed by atoms with Crippen molar-refractivity contribution in [2.45, 2.75) is 51.7 Å². The second-order valence-corrected chi connectivity index (χ2v) is 6.83. The Morgan fingerprint density at radius 2 is 1.83 bits per heavy atom. The van der Waals surface area contributed by atoms with Crippen molar-refractivity contribution in [2.75, 3.05) is 40.3 Å². The van der Waals surface area contributed by atoms with Gasteiger partial charge >= 0.3 is 0 Å². The van der Waals surface area contributed by atoms with Gasteiger partial charge in [0, 0.05) is 18.0 Å². The van der Waals surface area contributed by atoms with Gasteiger partial charge in [-0.25, -0.2) is 0 Å². The molecule has 1 aliphatic carbocycles.